The van der Waals surface area contributed by atoms with Gasteiger partial charge in [0.15, 0.2) is 5.82 Å². The zero-order chi connectivity index (χ0) is 15.6. The first-order valence-electron chi connectivity index (χ1n) is 6.86. The number of nitrogens with zero attached hydrogens (tertiary/aromatic N) is 2. The monoisotopic (exact) mass is 291 g/mol. The second-order valence-corrected chi connectivity index (χ2v) is 5.25. The summed E-state index contributed by atoms with van der Waals surface area (Å²) in [5, 5.41) is 6.92. The molecule has 1 N–H and O–H groups in total. The molecule has 2 aromatic rings. The number of amides is 1. The summed E-state index contributed by atoms with van der Waals surface area (Å²) < 4.78 is 12.0. The summed E-state index contributed by atoms with van der Waals surface area (Å²) in [6.45, 7) is 8.05. The molecule has 1 unspecified atom stereocenters. The lowest BCUT2D eigenvalue weighted by Gasteiger charge is -2.12. The van der Waals surface area contributed by atoms with Crippen LogP contribution in [0.15, 0.2) is 16.7 Å². The van der Waals surface area contributed by atoms with Gasteiger partial charge in [-0.1, -0.05) is 5.16 Å². The summed E-state index contributed by atoms with van der Waals surface area (Å²) in [5.74, 6) is 1.31. The van der Waals surface area contributed by atoms with Crippen molar-refractivity contribution in [1.82, 2.24) is 15.0 Å². The molecule has 2 aromatic heterocycles. The Morgan fingerprint density at radius 1 is 1.43 bits per heavy atom. The highest BCUT2D eigenvalue weighted by atomic mass is 16.5. The number of rotatable bonds is 5. The molecule has 1 amide bonds. The minimum absolute atomic E-state index is 0.0418. The van der Waals surface area contributed by atoms with Crippen LogP contribution in [0.3, 0.4) is 0 Å². The Labute approximate surface area is 124 Å². The molecule has 114 valence electrons. The number of carbonyl (C=O) groups excluding carboxylic acids is 1. The summed E-state index contributed by atoms with van der Waals surface area (Å²) in [7, 11) is 1.61. The quantitative estimate of drug-likeness (QED) is 0.916. The zero-order valence-electron chi connectivity index (χ0n) is 13.1. The first-order chi connectivity index (χ1) is 9.93. The van der Waals surface area contributed by atoms with Crippen LogP contribution in [0.25, 0.3) is 5.82 Å². The molecule has 0 aliphatic heterocycles. The smallest absolute Gasteiger partial charge is 0.253 e. The average Bonchev–Trinajstić information content (AvgIpc) is 2.93. The number of methoxy groups -OCH3 is 1. The third kappa shape index (κ3) is 3.16. The van der Waals surface area contributed by atoms with E-state index in [1.54, 1.807) is 7.11 Å². The van der Waals surface area contributed by atoms with Gasteiger partial charge in [0.05, 0.1) is 12.2 Å². The van der Waals surface area contributed by atoms with E-state index in [9.17, 15) is 4.79 Å². The highest BCUT2D eigenvalue weighted by Gasteiger charge is 2.19. The second kappa shape index (κ2) is 6.13. The van der Waals surface area contributed by atoms with Crippen LogP contribution in [-0.4, -0.2) is 35.4 Å². The van der Waals surface area contributed by atoms with Crippen LogP contribution < -0.4 is 5.32 Å². The molecule has 0 fully saturated rings. The summed E-state index contributed by atoms with van der Waals surface area (Å²) in [5.41, 5.74) is 2.41. The lowest BCUT2D eigenvalue weighted by molar-refractivity contribution is 0.0905. The molecule has 2 rings (SSSR count). The molecule has 0 saturated carbocycles. The van der Waals surface area contributed by atoms with Crippen LogP contribution in [0.2, 0.25) is 0 Å². The lowest BCUT2D eigenvalue weighted by Crippen LogP contribution is -2.35. The van der Waals surface area contributed by atoms with E-state index in [0.717, 1.165) is 17.1 Å². The molecule has 0 radical (unpaired) electrons. The number of nitrogens with one attached hydrogen (secondary N) is 1. The maximum atomic E-state index is 12.3. The molecule has 21 heavy (non-hydrogen) atoms. The first-order valence-corrected chi connectivity index (χ1v) is 6.86. The van der Waals surface area contributed by atoms with Crippen molar-refractivity contribution in [2.45, 2.75) is 33.7 Å². The molecule has 2 heterocycles. The maximum absolute atomic E-state index is 12.3. The zero-order valence-corrected chi connectivity index (χ0v) is 13.1. The minimum Gasteiger partial charge on any atom is -0.383 e. The third-order valence-corrected chi connectivity index (χ3v) is 3.31. The normalized spacial score (nSPS) is 12.4. The molecule has 0 aromatic carbocycles. The van der Waals surface area contributed by atoms with Gasteiger partial charge in [-0.05, 0) is 33.8 Å². The fourth-order valence-electron chi connectivity index (χ4n) is 2.40. The van der Waals surface area contributed by atoms with Crippen molar-refractivity contribution in [3.05, 3.63) is 34.8 Å². The molecule has 1 atom stereocenters. The SMILES string of the molecule is COCC(C)NC(=O)c1cc(C)n(-c2cc(C)on2)c1C. The standard InChI is InChI=1S/C15H21N3O3/c1-9(8-20-5)16-15(19)13-6-10(2)18(12(13)4)14-7-11(3)21-17-14/h6-7,9H,8H2,1-5H3,(H,16,19). The van der Waals surface area contributed by atoms with Gasteiger partial charge in [0, 0.05) is 30.6 Å². The van der Waals surface area contributed by atoms with E-state index in [0.29, 0.717) is 18.0 Å². The molecule has 0 saturated heterocycles. The lowest BCUT2D eigenvalue weighted by atomic mass is 10.2. The fourth-order valence-corrected chi connectivity index (χ4v) is 2.40. The Bertz CT molecular complexity index is 643. The number of aromatic nitrogens is 2. The second-order valence-electron chi connectivity index (χ2n) is 5.25. The first kappa shape index (κ1) is 15.3. The van der Waals surface area contributed by atoms with Gasteiger partial charge in [-0.15, -0.1) is 0 Å². The molecule has 6 nitrogen and oxygen atoms in total. The van der Waals surface area contributed by atoms with E-state index in [-0.39, 0.29) is 11.9 Å². The van der Waals surface area contributed by atoms with E-state index < -0.39 is 0 Å². The third-order valence-electron chi connectivity index (χ3n) is 3.31. The van der Waals surface area contributed by atoms with E-state index in [2.05, 4.69) is 10.5 Å². The maximum Gasteiger partial charge on any atom is 0.253 e. The molecule has 0 aliphatic carbocycles. The molecule has 6 heteroatoms. The summed E-state index contributed by atoms with van der Waals surface area (Å²) in [6, 6.07) is 3.66. The van der Waals surface area contributed by atoms with E-state index >= 15 is 0 Å². The topological polar surface area (TPSA) is 69.3 Å². The average molecular weight is 291 g/mol. The van der Waals surface area contributed by atoms with E-state index in [1.165, 1.54) is 0 Å². The number of carbonyl (C=O) groups is 1. The van der Waals surface area contributed by atoms with Crippen LogP contribution in [0.4, 0.5) is 0 Å². The summed E-state index contributed by atoms with van der Waals surface area (Å²) in [6.07, 6.45) is 0. The van der Waals surface area contributed by atoms with Crippen molar-refractivity contribution in [3.8, 4) is 5.82 Å². The number of aryl methyl sites for hydroxylation is 2. The molecule has 0 aliphatic rings. The number of hydrogen-bond acceptors (Lipinski definition) is 4. The van der Waals surface area contributed by atoms with Crippen LogP contribution in [0.1, 0.15) is 34.4 Å². The Hall–Kier alpha value is -2.08. The van der Waals surface area contributed by atoms with Crippen LogP contribution in [0.5, 0.6) is 0 Å². The van der Waals surface area contributed by atoms with E-state index in [4.69, 9.17) is 9.26 Å². The molecular weight excluding hydrogens is 270 g/mol. The molecule has 0 bridgehead atoms. The van der Waals surface area contributed by atoms with Crippen molar-refractivity contribution in [1.29, 1.82) is 0 Å². The van der Waals surface area contributed by atoms with Gasteiger partial charge >= 0.3 is 0 Å². The predicted octanol–water partition coefficient (Wildman–Crippen LogP) is 2.16. The van der Waals surface area contributed by atoms with Gasteiger partial charge in [0.25, 0.3) is 5.91 Å². The van der Waals surface area contributed by atoms with Crippen LogP contribution in [0, 0.1) is 20.8 Å². The summed E-state index contributed by atoms with van der Waals surface area (Å²) >= 11 is 0. The Morgan fingerprint density at radius 3 is 2.71 bits per heavy atom. The highest BCUT2D eigenvalue weighted by Crippen LogP contribution is 2.20. The van der Waals surface area contributed by atoms with Crippen molar-refractivity contribution >= 4 is 5.91 Å². The number of hydrogen-bond donors (Lipinski definition) is 1. The number of ether oxygens (including phenoxy) is 1. The Kier molecular flexibility index (Phi) is 4.47. The van der Waals surface area contributed by atoms with Gasteiger partial charge in [0.2, 0.25) is 0 Å². The van der Waals surface area contributed by atoms with Crippen molar-refractivity contribution in [2.75, 3.05) is 13.7 Å². The highest BCUT2D eigenvalue weighted by molar-refractivity contribution is 5.96. The van der Waals surface area contributed by atoms with Crippen molar-refractivity contribution < 1.29 is 14.1 Å². The van der Waals surface area contributed by atoms with Crippen LogP contribution >= 0.6 is 0 Å². The van der Waals surface area contributed by atoms with E-state index in [1.807, 2.05) is 44.4 Å². The van der Waals surface area contributed by atoms with Crippen LogP contribution in [-0.2, 0) is 4.74 Å². The van der Waals surface area contributed by atoms with Gasteiger partial charge in [-0.25, -0.2) is 0 Å². The van der Waals surface area contributed by atoms with Crippen molar-refractivity contribution in [2.24, 2.45) is 0 Å². The molecular formula is C15H21N3O3. The van der Waals surface area contributed by atoms with Gasteiger partial charge in [0.1, 0.15) is 5.76 Å². The Balaban J connectivity index is 2.29. The Morgan fingerprint density at radius 2 is 2.14 bits per heavy atom. The largest absolute Gasteiger partial charge is 0.383 e. The van der Waals surface area contributed by atoms with Gasteiger partial charge < -0.3 is 14.6 Å². The van der Waals surface area contributed by atoms with Gasteiger partial charge in [-0.2, -0.15) is 0 Å². The fraction of sp³-hybridized carbons (Fsp3) is 0.467. The summed E-state index contributed by atoms with van der Waals surface area (Å²) in [4.78, 5) is 12.3. The molecule has 0 spiro atoms. The predicted molar refractivity (Wildman–Crippen MR) is 78.8 cm³/mol. The van der Waals surface area contributed by atoms with Gasteiger partial charge in [-0.3, -0.25) is 9.36 Å². The van der Waals surface area contributed by atoms with Crippen molar-refractivity contribution in [3.63, 3.8) is 0 Å². The minimum atomic E-state index is -0.112.